The SMILES string of the molecule is CC1(C)c2c([c-]cc3cnccc23)-c2nccc3cc([Si](C)(C)C)cc1c23.CCC(CC)C(=O)/C=C(\O)C(CC)CC.[Ir]. The van der Waals surface area contributed by atoms with Gasteiger partial charge in [0, 0.05) is 50.4 Å². The van der Waals surface area contributed by atoms with E-state index in [9.17, 15) is 9.90 Å². The van der Waals surface area contributed by atoms with Crippen molar-refractivity contribution in [2.24, 2.45) is 11.8 Å². The summed E-state index contributed by atoms with van der Waals surface area (Å²) in [6.07, 6.45) is 10.7. The predicted molar refractivity (Wildman–Crippen MR) is 180 cm³/mol. The van der Waals surface area contributed by atoms with Crippen LogP contribution in [-0.2, 0) is 30.3 Å². The van der Waals surface area contributed by atoms with Crippen LogP contribution in [0.2, 0.25) is 19.6 Å². The number of fused-ring (bicyclic) bond motifs is 4. The Morgan fingerprint density at radius 3 is 2.23 bits per heavy atom. The van der Waals surface area contributed by atoms with E-state index >= 15 is 0 Å². The zero-order valence-electron chi connectivity index (χ0n) is 27.3. The number of benzene rings is 2. The van der Waals surface area contributed by atoms with Gasteiger partial charge in [-0.3, -0.25) is 9.78 Å². The predicted octanol–water partition coefficient (Wildman–Crippen LogP) is 9.30. The van der Waals surface area contributed by atoms with Crippen LogP contribution in [0.15, 0.2) is 60.8 Å². The Hall–Kier alpha value is -2.66. The van der Waals surface area contributed by atoms with Crippen LogP contribution >= 0.6 is 0 Å². The summed E-state index contributed by atoms with van der Waals surface area (Å²) in [5, 5.41) is 16.3. The zero-order valence-corrected chi connectivity index (χ0v) is 30.7. The number of hydrogen-bond donors (Lipinski definition) is 1. The number of hydrogen-bond acceptors (Lipinski definition) is 4. The third kappa shape index (κ3) is 6.87. The molecule has 2 aromatic carbocycles. The van der Waals surface area contributed by atoms with Crippen molar-refractivity contribution in [2.75, 3.05) is 0 Å². The van der Waals surface area contributed by atoms with Crippen LogP contribution in [0, 0.1) is 17.9 Å². The smallest absolute Gasteiger partial charge is 0.162 e. The molecule has 1 aliphatic rings. The summed E-state index contributed by atoms with van der Waals surface area (Å²) in [7, 11) is -1.44. The maximum atomic E-state index is 11.7. The van der Waals surface area contributed by atoms with E-state index in [1.807, 2.05) is 46.3 Å². The molecule has 0 amide bonds. The number of allylic oxidation sites excluding steroid dienone is 2. The fourth-order valence-electron chi connectivity index (χ4n) is 6.29. The average molecular weight is 772 g/mol. The second-order valence-corrected chi connectivity index (χ2v) is 18.2. The average Bonchev–Trinajstić information content (AvgIpc) is 2.96. The third-order valence-electron chi connectivity index (χ3n) is 9.09. The molecule has 1 radical (unpaired) electrons. The van der Waals surface area contributed by atoms with E-state index in [0.717, 1.165) is 42.3 Å². The molecule has 1 N–H and O–H groups in total. The van der Waals surface area contributed by atoms with Gasteiger partial charge >= 0.3 is 0 Å². The summed E-state index contributed by atoms with van der Waals surface area (Å²) in [6, 6.07) is 14.7. The topological polar surface area (TPSA) is 63.1 Å². The Balaban J connectivity index is 0.000000274. The Kier molecular flexibility index (Phi) is 11.3. The molecule has 0 saturated carbocycles. The van der Waals surface area contributed by atoms with Crippen molar-refractivity contribution >= 4 is 40.6 Å². The molecule has 4 aromatic rings. The van der Waals surface area contributed by atoms with E-state index in [4.69, 9.17) is 4.98 Å². The van der Waals surface area contributed by atoms with Gasteiger partial charge < -0.3 is 10.1 Å². The molecular weight excluding hydrogens is 725 g/mol. The summed E-state index contributed by atoms with van der Waals surface area (Å²) in [5.74, 6) is 0.547. The summed E-state index contributed by atoms with van der Waals surface area (Å²) < 4.78 is 0. The third-order valence-corrected chi connectivity index (χ3v) is 11.1. The Morgan fingerprint density at radius 2 is 1.63 bits per heavy atom. The van der Waals surface area contributed by atoms with E-state index < -0.39 is 8.07 Å². The standard InChI is InChI=1S/C24H23N2Si.C13H24O2.Ir/c1-24(2)20-13-17(27(3,4)5)12-15-8-11-26-23(21(15)20)19-7-6-16-14-25-10-9-18(16)22(19)24;1-5-10(6-2)12(14)9-13(15)11(7-3)8-4;/h6,8-14H,1-5H3;9-11,14H,5-8H2,1-4H3;/q-1;;/b;12-9-;. The van der Waals surface area contributed by atoms with Crippen molar-refractivity contribution in [3.05, 3.63) is 78.0 Å². The molecule has 43 heavy (non-hydrogen) atoms. The Labute approximate surface area is 272 Å². The molecule has 1 aliphatic carbocycles. The molecule has 0 aliphatic heterocycles. The fourth-order valence-corrected chi connectivity index (χ4v) is 7.45. The number of ketones is 1. The molecule has 0 atom stereocenters. The van der Waals surface area contributed by atoms with Gasteiger partial charge in [-0.1, -0.05) is 95.3 Å². The first-order valence-electron chi connectivity index (χ1n) is 15.6. The van der Waals surface area contributed by atoms with E-state index in [0.29, 0.717) is 0 Å². The van der Waals surface area contributed by atoms with Gasteiger partial charge in [0.2, 0.25) is 0 Å². The number of aliphatic hydroxyl groups excluding tert-OH is 1. The van der Waals surface area contributed by atoms with E-state index in [1.54, 1.807) is 0 Å². The molecule has 2 aromatic heterocycles. The number of rotatable bonds is 8. The largest absolute Gasteiger partial charge is 0.512 e. The van der Waals surface area contributed by atoms with Crippen LogP contribution in [0.4, 0.5) is 0 Å². The van der Waals surface area contributed by atoms with Crippen LogP contribution in [0.5, 0.6) is 0 Å². The molecule has 0 unspecified atom stereocenters. The molecule has 231 valence electrons. The van der Waals surface area contributed by atoms with Gasteiger partial charge in [-0.25, -0.2) is 0 Å². The van der Waals surface area contributed by atoms with E-state index in [1.165, 1.54) is 38.5 Å². The van der Waals surface area contributed by atoms with Gasteiger partial charge in [-0.15, -0.1) is 23.3 Å². The first-order chi connectivity index (χ1) is 19.9. The van der Waals surface area contributed by atoms with Crippen LogP contribution in [0.3, 0.4) is 0 Å². The molecule has 0 spiro atoms. The number of carbonyl (C=O) groups is 1. The first kappa shape index (κ1) is 34.8. The van der Waals surface area contributed by atoms with Gasteiger partial charge in [-0.2, -0.15) is 0 Å². The van der Waals surface area contributed by atoms with Crippen molar-refractivity contribution in [3.63, 3.8) is 0 Å². The molecular formula is C37H47IrN2O2Si-. The maximum absolute atomic E-state index is 11.7. The normalized spacial score (nSPS) is 13.9. The minimum atomic E-state index is -1.44. The van der Waals surface area contributed by atoms with Crippen molar-refractivity contribution in [3.8, 4) is 11.3 Å². The van der Waals surface area contributed by atoms with E-state index in [-0.39, 0.29) is 48.9 Å². The molecule has 0 fully saturated rings. The van der Waals surface area contributed by atoms with Crippen molar-refractivity contribution < 1.29 is 30.0 Å². The molecule has 2 heterocycles. The molecule has 6 heteroatoms. The second-order valence-electron chi connectivity index (χ2n) is 13.2. The Bertz CT molecular complexity index is 1630. The number of nitrogens with zero attached hydrogens (tertiary/aromatic N) is 2. The summed E-state index contributed by atoms with van der Waals surface area (Å²) in [4.78, 5) is 20.8. The monoisotopic (exact) mass is 772 g/mol. The van der Waals surface area contributed by atoms with Crippen LogP contribution in [0.25, 0.3) is 32.8 Å². The van der Waals surface area contributed by atoms with Crippen LogP contribution in [-0.4, -0.2) is 28.9 Å². The Morgan fingerprint density at radius 1 is 0.977 bits per heavy atom. The number of aromatic nitrogens is 2. The van der Waals surface area contributed by atoms with E-state index in [2.05, 4.69) is 74.9 Å². The summed E-state index contributed by atoms with van der Waals surface area (Å²) in [6.45, 7) is 20.0. The molecule has 4 nitrogen and oxygen atoms in total. The minimum absolute atomic E-state index is 0. The van der Waals surface area contributed by atoms with Gasteiger partial charge in [0.1, 0.15) is 0 Å². The molecule has 5 rings (SSSR count). The van der Waals surface area contributed by atoms with Gasteiger partial charge in [0.25, 0.3) is 0 Å². The first-order valence-corrected chi connectivity index (χ1v) is 19.1. The van der Waals surface area contributed by atoms with Crippen LogP contribution < -0.4 is 5.19 Å². The van der Waals surface area contributed by atoms with Crippen molar-refractivity contribution in [2.45, 2.75) is 92.3 Å². The van der Waals surface area contributed by atoms with Crippen molar-refractivity contribution in [1.29, 1.82) is 0 Å². The van der Waals surface area contributed by atoms with Crippen molar-refractivity contribution in [1.82, 2.24) is 9.97 Å². The quantitative estimate of drug-likeness (QED) is 0.0840. The number of pyridine rings is 2. The molecule has 0 bridgehead atoms. The second kappa shape index (κ2) is 14.0. The zero-order chi connectivity index (χ0) is 30.8. The maximum Gasteiger partial charge on any atom is 0.162 e. The summed E-state index contributed by atoms with van der Waals surface area (Å²) in [5.41, 5.74) is 4.81. The van der Waals surface area contributed by atoms with Crippen LogP contribution in [0.1, 0.15) is 78.4 Å². The number of carbonyl (C=O) groups excluding carboxylic acids is 1. The summed E-state index contributed by atoms with van der Waals surface area (Å²) >= 11 is 0. The molecule has 0 saturated heterocycles. The fraction of sp³-hybridized carbons (Fsp3) is 0.432. The van der Waals surface area contributed by atoms with Gasteiger partial charge in [0.05, 0.1) is 13.8 Å². The van der Waals surface area contributed by atoms with Gasteiger partial charge in [0.15, 0.2) is 5.78 Å². The minimum Gasteiger partial charge on any atom is -0.512 e. The van der Waals surface area contributed by atoms with Gasteiger partial charge in [-0.05, 0) is 65.4 Å². The number of aliphatic hydroxyl groups is 1.